The van der Waals surface area contributed by atoms with Crippen molar-refractivity contribution in [1.29, 1.82) is 0 Å². The molecule has 3 unspecified atom stereocenters. The molecule has 4 rings (SSSR count). The number of hydrogen-bond donors (Lipinski definition) is 0. The molecule has 21 heavy (non-hydrogen) atoms. The van der Waals surface area contributed by atoms with Crippen molar-refractivity contribution < 1.29 is 4.79 Å². The lowest BCUT2D eigenvalue weighted by Gasteiger charge is -2.28. The Morgan fingerprint density at radius 3 is 2.57 bits per heavy atom. The van der Waals surface area contributed by atoms with E-state index in [4.69, 9.17) is 23.2 Å². The van der Waals surface area contributed by atoms with Crippen molar-refractivity contribution in [2.45, 2.75) is 38.1 Å². The molecule has 0 spiro atoms. The van der Waals surface area contributed by atoms with Gasteiger partial charge >= 0.3 is 0 Å². The Labute approximate surface area is 135 Å². The van der Waals surface area contributed by atoms with Gasteiger partial charge in [-0.25, -0.2) is 0 Å². The number of carbonyl (C=O) groups is 1. The van der Waals surface area contributed by atoms with Crippen LogP contribution in [0.4, 0.5) is 0 Å². The molecular weight excluding hydrogens is 305 g/mol. The summed E-state index contributed by atoms with van der Waals surface area (Å²) in [5, 5.41) is 1.16. The summed E-state index contributed by atoms with van der Waals surface area (Å²) < 4.78 is 0. The molecule has 2 nitrogen and oxygen atoms in total. The molecule has 3 aliphatic rings. The van der Waals surface area contributed by atoms with Gasteiger partial charge < -0.3 is 4.90 Å². The smallest absolute Gasteiger partial charge is 0.226 e. The lowest BCUT2D eigenvalue weighted by Crippen LogP contribution is -2.35. The summed E-state index contributed by atoms with van der Waals surface area (Å²) in [6.45, 7) is 0.885. The van der Waals surface area contributed by atoms with Crippen LogP contribution >= 0.6 is 23.2 Å². The monoisotopic (exact) mass is 323 g/mol. The number of hydrogen-bond acceptors (Lipinski definition) is 1. The van der Waals surface area contributed by atoms with Crippen LogP contribution in [0.25, 0.3) is 0 Å². The first kappa shape index (κ1) is 13.9. The normalized spacial score (nSPS) is 34.1. The maximum atomic E-state index is 12.8. The van der Waals surface area contributed by atoms with E-state index in [-0.39, 0.29) is 12.0 Å². The van der Waals surface area contributed by atoms with Crippen LogP contribution in [0.2, 0.25) is 10.0 Å². The van der Waals surface area contributed by atoms with Crippen molar-refractivity contribution in [2.75, 3.05) is 6.54 Å². The molecule has 2 saturated carbocycles. The van der Waals surface area contributed by atoms with Crippen LogP contribution in [-0.2, 0) is 4.79 Å². The van der Waals surface area contributed by atoms with Gasteiger partial charge in [-0.3, -0.25) is 4.79 Å². The third-order valence-corrected chi connectivity index (χ3v) is 6.20. The van der Waals surface area contributed by atoms with Gasteiger partial charge in [-0.2, -0.15) is 0 Å². The minimum Gasteiger partial charge on any atom is -0.335 e. The third-order valence-electron chi connectivity index (χ3n) is 5.46. The van der Waals surface area contributed by atoms with Gasteiger partial charge in [-0.1, -0.05) is 29.3 Å². The van der Waals surface area contributed by atoms with Crippen LogP contribution in [0.15, 0.2) is 18.2 Å². The minimum absolute atomic E-state index is 0.184. The van der Waals surface area contributed by atoms with Crippen molar-refractivity contribution in [3.05, 3.63) is 33.8 Å². The molecule has 1 amide bonds. The van der Waals surface area contributed by atoms with Crippen LogP contribution in [0.5, 0.6) is 0 Å². The maximum absolute atomic E-state index is 12.8. The molecular formula is C17H19Cl2NO. The van der Waals surface area contributed by atoms with E-state index in [1.165, 1.54) is 6.42 Å². The molecule has 1 aliphatic heterocycles. The first-order valence-electron chi connectivity index (χ1n) is 7.89. The van der Waals surface area contributed by atoms with Crippen molar-refractivity contribution in [3.63, 3.8) is 0 Å². The van der Waals surface area contributed by atoms with Gasteiger partial charge in [0.15, 0.2) is 0 Å². The summed E-state index contributed by atoms with van der Waals surface area (Å²) in [7, 11) is 0. The van der Waals surface area contributed by atoms with Gasteiger partial charge in [0.05, 0.1) is 16.1 Å². The summed E-state index contributed by atoms with van der Waals surface area (Å²) in [5.41, 5.74) is 1.12. The van der Waals surface area contributed by atoms with E-state index >= 15 is 0 Å². The number of likely N-dealkylation sites (tertiary alicyclic amines) is 1. The molecule has 3 atom stereocenters. The quantitative estimate of drug-likeness (QED) is 0.772. The van der Waals surface area contributed by atoms with E-state index in [9.17, 15) is 4.79 Å². The summed E-state index contributed by atoms with van der Waals surface area (Å²) in [5.74, 6) is 2.35. The zero-order valence-electron chi connectivity index (χ0n) is 11.9. The van der Waals surface area contributed by atoms with Gasteiger partial charge in [0.1, 0.15) is 0 Å². The molecule has 0 aromatic heterocycles. The van der Waals surface area contributed by atoms with Gasteiger partial charge in [-0.15, -0.1) is 0 Å². The molecule has 3 fully saturated rings. The van der Waals surface area contributed by atoms with Crippen molar-refractivity contribution >= 4 is 29.1 Å². The number of benzene rings is 1. The lowest BCUT2D eigenvalue weighted by atomic mass is 9.99. The van der Waals surface area contributed by atoms with E-state index in [1.807, 2.05) is 18.2 Å². The summed E-state index contributed by atoms with van der Waals surface area (Å²) in [6, 6.07) is 5.96. The first-order chi connectivity index (χ1) is 10.1. The average molecular weight is 324 g/mol. The van der Waals surface area contributed by atoms with E-state index in [2.05, 4.69) is 4.90 Å². The van der Waals surface area contributed by atoms with Crippen LogP contribution < -0.4 is 0 Å². The lowest BCUT2D eigenvalue weighted by molar-refractivity contribution is -0.136. The van der Waals surface area contributed by atoms with E-state index < -0.39 is 0 Å². The Morgan fingerprint density at radius 1 is 1.10 bits per heavy atom. The topological polar surface area (TPSA) is 20.3 Å². The Bertz CT molecular complexity index is 578. The fraction of sp³-hybridized carbons (Fsp3) is 0.588. The fourth-order valence-corrected chi connectivity index (χ4v) is 4.55. The second kappa shape index (κ2) is 5.17. The highest BCUT2D eigenvalue weighted by Gasteiger charge is 2.49. The predicted octanol–water partition coefficient (Wildman–Crippen LogP) is 4.70. The number of rotatable bonds is 2. The van der Waals surface area contributed by atoms with Crippen molar-refractivity contribution in [2.24, 2.45) is 17.8 Å². The van der Waals surface area contributed by atoms with Crippen LogP contribution in [0.1, 0.15) is 43.7 Å². The second-order valence-electron chi connectivity index (χ2n) is 6.79. The summed E-state index contributed by atoms with van der Waals surface area (Å²) in [4.78, 5) is 14.9. The minimum atomic E-state index is 0.184. The van der Waals surface area contributed by atoms with Crippen LogP contribution in [-0.4, -0.2) is 17.4 Å². The third kappa shape index (κ3) is 2.47. The highest BCUT2D eigenvalue weighted by Crippen LogP contribution is 2.55. The zero-order valence-corrected chi connectivity index (χ0v) is 13.4. The van der Waals surface area contributed by atoms with Gasteiger partial charge in [0, 0.05) is 12.5 Å². The maximum Gasteiger partial charge on any atom is 0.226 e. The molecule has 4 heteroatoms. The summed E-state index contributed by atoms with van der Waals surface area (Å²) in [6.07, 6.45) is 5.71. The van der Waals surface area contributed by atoms with Crippen molar-refractivity contribution in [1.82, 2.24) is 4.90 Å². The highest BCUT2D eigenvalue weighted by molar-refractivity contribution is 6.42. The van der Waals surface area contributed by atoms with Crippen LogP contribution in [0, 0.1) is 17.8 Å². The molecule has 0 N–H and O–H groups in total. The number of halogens is 2. The molecule has 112 valence electrons. The summed E-state index contributed by atoms with van der Waals surface area (Å²) >= 11 is 12.1. The zero-order chi connectivity index (χ0) is 14.6. The molecule has 0 radical (unpaired) electrons. The molecule has 0 bridgehead atoms. The Morgan fingerprint density at radius 2 is 1.86 bits per heavy atom. The second-order valence-corrected chi connectivity index (χ2v) is 7.60. The fourth-order valence-electron chi connectivity index (χ4n) is 4.25. The van der Waals surface area contributed by atoms with Gasteiger partial charge in [0.2, 0.25) is 5.91 Å². The molecule has 2 aliphatic carbocycles. The molecule has 1 aromatic rings. The Kier molecular flexibility index (Phi) is 3.42. The Balaban J connectivity index is 1.53. The molecule has 1 aromatic carbocycles. The van der Waals surface area contributed by atoms with E-state index in [1.54, 1.807) is 0 Å². The highest BCUT2D eigenvalue weighted by atomic mass is 35.5. The number of fused-ring (bicyclic) bond motifs is 1. The predicted molar refractivity (Wildman–Crippen MR) is 84.5 cm³/mol. The van der Waals surface area contributed by atoms with E-state index in [0.29, 0.717) is 16.0 Å². The largest absolute Gasteiger partial charge is 0.335 e. The number of carbonyl (C=O) groups excluding carboxylic acids is 1. The first-order valence-corrected chi connectivity index (χ1v) is 8.64. The van der Waals surface area contributed by atoms with Gasteiger partial charge in [0.25, 0.3) is 0 Å². The Hall–Kier alpha value is -0.730. The average Bonchev–Trinajstić information content (AvgIpc) is 2.92. The standard InChI is InChI=1S/C17H19Cl2NO/c18-14-4-3-10(9-15(14)19)16-2-1-5-20(16)17(21)13-7-11-6-12(11)8-13/h3-4,9,11-13,16H,1-2,5-8H2. The van der Waals surface area contributed by atoms with Crippen LogP contribution in [0.3, 0.4) is 0 Å². The molecule has 1 saturated heterocycles. The number of nitrogens with zero attached hydrogens (tertiary/aromatic N) is 1. The number of amides is 1. The van der Waals surface area contributed by atoms with Gasteiger partial charge in [-0.05, 0) is 61.6 Å². The molecule has 1 heterocycles. The van der Waals surface area contributed by atoms with Crippen molar-refractivity contribution in [3.8, 4) is 0 Å². The van der Waals surface area contributed by atoms with E-state index in [0.717, 1.165) is 49.6 Å². The SMILES string of the molecule is O=C(C1CC2CC2C1)N1CCCC1c1ccc(Cl)c(Cl)c1.